The van der Waals surface area contributed by atoms with Crippen LogP contribution in [0.15, 0.2) is 4.99 Å². The summed E-state index contributed by atoms with van der Waals surface area (Å²) in [5.74, 6) is 1.18. The van der Waals surface area contributed by atoms with Gasteiger partial charge in [0, 0.05) is 19.7 Å². The largest absolute Gasteiger partial charge is 0.394 e. The lowest BCUT2D eigenvalue weighted by molar-refractivity contribution is 0.0918. The molecule has 0 spiro atoms. The van der Waals surface area contributed by atoms with Gasteiger partial charge in [-0.3, -0.25) is 4.99 Å². The van der Waals surface area contributed by atoms with E-state index in [1.54, 1.807) is 0 Å². The van der Waals surface area contributed by atoms with Crippen molar-refractivity contribution in [2.45, 2.75) is 26.7 Å². The molecule has 0 bridgehead atoms. The Bertz CT molecular complexity index is 190. The van der Waals surface area contributed by atoms with Crippen LogP contribution in [0.3, 0.4) is 0 Å². The van der Waals surface area contributed by atoms with Gasteiger partial charge in [0.2, 0.25) is 0 Å². The van der Waals surface area contributed by atoms with Crippen molar-refractivity contribution in [3.8, 4) is 0 Å². The second-order valence-electron chi connectivity index (χ2n) is 4.07. The van der Waals surface area contributed by atoms with Gasteiger partial charge in [-0.25, -0.2) is 0 Å². The van der Waals surface area contributed by atoms with E-state index < -0.39 is 0 Å². The quantitative estimate of drug-likeness (QED) is 0.248. The van der Waals surface area contributed by atoms with E-state index in [4.69, 9.17) is 15.6 Å². The van der Waals surface area contributed by atoms with E-state index in [1.165, 1.54) is 0 Å². The summed E-state index contributed by atoms with van der Waals surface area (Å²) in [5.41, 5.74) is 5.66. The summed E-state index contributed by atoms with van der Waals surface area (Å²) in [6.07, 6.45) is 1.92. The van der Waals surface area contributed by atoms with Gasteiger partial charge in [0.1, 0.15) is 0 Å². The molecule has 0 aliphatic carbocycles. The van der Waals surface area contributed by atoms with Gasteiger partial charge in [0.15, 0.2) is 5.96 Å². The Hall–Kier alpha value is -0.0800. The first kappa shape index (κ1) is 19.3. The van der Waals surface area contributed by atoms with Gasteiger partial charge >= 0.3 is 0 Å². The molecular formula is C11H26IN3O2. The number of aliphatic hydroxyl groups excluding tert-OH is 1. The molecular weight excluding hydrogens is 333 g/mol. The minimum atomic E-state index is 0. The number of ether oxygens (including phenoxy) is 1. The smallest absolute Gasteiger partial charge is 0.188 e. The normalized spacial score (nSPS) is 11.4. The topological polar surface area (TPSA) is 79.9 Å². The Morgan fingerprint density at radius 1 is 1.41 bits per heavy atom. The number of rotatable bonds is 9. The molecule has 0 amide bonds. The average Bonchev–Trinajstić information content (AvgIpc) is 2.22. The predicted molar refractivity (Wildman–Crippen MR) is 81.9 cm³/mol. The molecule has 17 heavy (non-hydrogen) atoms. The number of hydrogen-bond acceptors (Lipinski definition) is 3. The van der Waals surface area contributed by atoms with Crippen molar-refractivity contribution >= 4 is 29.9 Å². The third kappa shape index (κ3) is 15.9. The summed E-state index contributed by atoms with van der Waals surface area (Å²) in [7, 11) is 0. The molecule has 0 aromatic heterocycles. The third-order valence-corrected chi connectivity index (χ3v) is 1.99. The van der Waals surface area contributed by atoms with Crippen LogP contribution >= 0.6 is 24.0 Å². The fraction of sp³-hybridized carbons (Fsp3) is 0.909. The first-order valence-electron chi connectivity index (χ1n) is 5.89. The van der Waals surface area contributed by atoms with E-state index in [1.807, 2.05) is 0 Å². The van der Waals surface area contributed by atoms with Gasteiger partial charge in [0.05, 0.1) is 13.2 Å². The number of guanidine groups is 1. The summed E-state index contributed by atoms with van der Waals surface area (Å²) >= 11 is 0. The number of nitrogens with zero attached hydrogens (tertiary/aromatic N) is 1. The summed E-state index contributed by atoms with van der Waals surface area (Å²) in [6, 6.07) is 0. The Balaban J connectivity index is 0. The van der Waals surface area contributed by atoms with Gasteiger partial charge in [-0.15, -0.1) is 24.0 Å². The number of aliphatic imine (C=N–C) groups is 1. The number of nitrogens with two attached hydrogens (primary N) is 1. The van der Waals surface area contributed by atoms with Crippen LogP contribution in [-0.2, 0) is 4.74 Å². The average molecular weight is 359 g/mol. The molecule has 0 fully saturated rings. The fourth-order valence-corrected chi connectivity index (χ4v) is 1.08. The van der Waals surface area contributed by atoms with Crippen LogP contribution < -0.4 is 11.1 Å². The van der Waals surface area contributed by atoms with Crippen LogP contribution in [0.25, 0.3) is 0 Å². The van der Waals surface area contributed by atoms with Crippen LogP contribution in [0.2, 0.25) is 0 Å². The molecule has 0 saturated carbocycles. The van der Waals surface area contributed by atoms with Gasteiger partial charge < -0.3 is 20.9 Å². The first-order chi connectivity index (χ1) is 7.66. The highest BCUT2D eigenvalue weighted by molar-refractivity contribution is 14.0. The molecule has 0 aromatic carbocycles. The molecule has 0 radical (unpaired) electrons. The number of hydrogen-bond donors (Lipinski definition) is 3. The highest BCUT2D eigenvalue weighted by Crippen LogP contribution is 1.95. The lowest BCUT2D eigenvalue weighted by atomic mass is 10.1. The monoisotopic (exact) mass is 359 g/mol. The molecule has 0 atom stereocenters. The molecule has 4 N–H and O–H groups in total. The molecule has 104 valence electrons. The molecule has 5 nitrogen and oxygen atoms in total. The standard InChI is InChI=1S/C11H25N3O2.HI/c1-10(2)4-6-14-11(12)13-5-3-8-16-9-7-15;/h10,15H,3-9H2,1-2H3,(H3,12,13,14);1H. The summed E-state index contributed by atoms with van der Waals surface area (Å²) in [5, 5.41) is 11.5. The van der Waals surface area contributed by atoms with Crippen LogP contribution in [0.4, 0.5) is 0 Å². The molecule has 0 saturated heterocycles. The molecule has 0 aliphatic heterocycles. The fourth-order valence-electron chi connectivity index (χ4n) is 1.08. The zero-order valence-electron chi connectivity index (χ0n) is 10.8. The van der Waals surface area contributed by atoms with E-state index in [0.29, 0.717) is 31.6 Å². The maximum Gasteiger partial charge on any atom is 0.188 e. The lowest BCUT2D eigenvalue weighted by Crippen LogP contribution is -2.33. The van der Waals surface area contributed by atoms with Gasteiger partial charge in [-0.2, -0.15) is 0 Å². The van der Waals surface area contributed by atoms with Crippen molar-refractivity contribution in [1.29, 1.82) is 0 Å². The minimum absolute atomic E-state index is 0. The third-order valence-electron chi connectivity index (χ3n) is 1.99. The van der Waals surface area contributed by atoms with Gasteiger partial charge in [0.25, 0.3) is 0 Å². The van der Waals surface area contributed by atoms with Crippen molar-refractivity contribution in [3.63, 3.8) is 0 Å². The predicted octanol–water partition coefficient (Wildman–Crippen LogP) is 0.954. The Kier molecular flexibility index (Phi) is 15.8. The van der Waals surface area contributed by atoms with Crippen molar-refractivity contribution in [3.05, 3.63) is 0 Å². The number of aliphatic hydroxyl groups is 1. The lowest BCUT2D eigenvalue weighted by Gasteiger charge is -2.07. The van der Waals surface area contributed by atoms with E-state index in [-0.39, 0.29) is 30.6 Å². The van der Waals surface area contributed by atoms with E-state index in [9.17, 15) is 0 Å². The van der Waals surface area contributed by atoms with E-state index >= 15 is 0 Å². The van der Waals surface area contributed by atoms with Crippen molar-refractivity contribution < 1.29 is 9.84 Å². The van der Waals surface area contributed by atoms with E-state index in [0.717, 1.165) is 19.4 Å². The van der Waals surface area contributed by atoms with Crippen LogP contribution in [-0.4, -0.2) is 44.0 Å². The molecule has 0 rings (SSSR count). The molecule has 0 heterocycles. The summed E-state index contributed by atoms with van der Waals surface area (Å²) in [6.45, 7) is 6.96. The number of nitrogens with one attached hydrogen (secondary N) is 1. The molecule has 0 aromatic rings. The van der Waals surface area contributed by atoms with Crippen molar-refractivity contribution in [1.82, 2.24) is 5.32 Å². The maximum absolute atomic E-state index is 8.47. The first-order valence-corrected chi connectivity index (χ1v) is 5.89. The Morgan fingerprint density at radius 2 is 2.12 bits per heavy atom. The summed E-state index contributed by atoms with van der Waals surface area (Å²) < 4.78 is 5.10. The second kappa shape index (κ2) is 14.0. The zero-order valence-corrected chi connectivity index (χ0v) is 13.1. The van der Waals surface area contributed by atoms with Gasteiger partial charge in [-0.05, 0) is 18.8 Å². The van der Waals surface area contributed by atoms with Crippen LogP contribution in [0.1, 0.15) is 26.7 Å². The Morgan fingerprint density at radius 3 is 2.71 bits per heavy atom. The highest BCUT2D eigenvalue weighted by Gasteiger charge is 1.94. The van der Waals surface area contributed by atoms with Crippen LogP contribution in [0, 0.1) is 5.92 Å². The SMILES string of the molecule is CC(C)CCNC(N)=NCCCOCCO.I. The van der Waals surface area contributed by atoms with Gasteiger partial charge in [-0.1, -0.05) is 13.8 Å². The summed E-state index contributed by atoms with van der Waals surface area (Å²) in [4.78, 5) is 4.16. The van der Waals surface area contributed by atoms with Crippen LogP contribution in [0.5, 0.6) is 0 Å². The molecule has 0 unspecified atom stereocenters. The highest BCUT2D eigenvalue weighted by atomic mass is 127. The van der Waals surface area contributed by atoms with E-state index in [2.05, 4.69) is 24.2 Å². The Labute approximate surface area is 121 Å². The molecule has 0 aliphatic rings. The molecule has 6 heteroatoms. The number of halogens is 1. The van der Waals surface area contributed by atoms with Crippen molar-refractivity contribution in [2.24, 2.45) is 16.6 Å². The second-order valence-corrected chi connectivity index (χ2v) is 4.07. The maximum atomic E-state index is 8.47. The zero-order chi connectivity index (χ0) is 12.2. The van der Waals surface area contributed by atoms with Crippen molar-refractivity contribution in [2.75, 3.05) is 32.9 Å². The minimum Gasteiger partial charge on any atom is -0.394 e.